The largest absolute Gasteiger partial charge is 0.464 e. The number of hydrogen-bond donors (Lipinski definition) is 4. The molecule has 0 saturated heterocycles. The zero-order valence-electron chi connectivity index (χ0n) is 24.7. The van der Waals surface area contributed by atoms with E-state index < -0.39 is 18.1 Å². The number of carbonyl (C=O) groups is 3. The molecule has 0 fully saturated rings. The first-order chi connectivity index (χ1) is 18.5. The second kappa shape index (κ2) is 26.9. The van der Waals surface area contributed by atoms with Gasteiger partial charge in [-0.15, -0.1) is 0 Å². The maximum absolute atomic E-state index is 13.0. The van der Waals surface area contributed by atoms with Crippen LogP contribution in [0.25, 0.3) is 0 Å². The minimum absolute atomic E-state index is 0.114. The maximum atomic E-state index is 13.0. The molecule has 0 aliphatic heterocycles. The van der Waals surface area contributed by atoms with Crippen LogP contribution < -0.4 is 22.1 Å². The Bertz CT molecular complexity index is 589. The Hall–Kier alpha value is -1.67. The maximum Gasteiger partial charge on any atom is 0.328 e. The van der Waals surface area contributed by atoms with Crippen LogP contribution in [0, 0.1) is 0 Å². The Kier molecular flexibility index (Phi) is 25.7. The molecular formula is C30H60N4O4. The van der Waals surface area contributed by atoms with Crippen LogP contribution in [-0.4, -0.2) is 49.6 Å². The molecule has 2 unspecified atom stereocenters. The molecule has 0 bridgehead atoms. The highest BCUT2D eigenvalue weighted by molar-refractivity contribution is 5.90. The summed E-state index contributed by atoms with van der Waals surface area (Å²) in [6, 6.07) is -1.41. The van der Waals surface area contributed by atoms with Gasteiger partial charge >= 0.3 is 5.97 Å². The first-order valence-corrected chi connectivity index (χ1v) is 15.7. The fraction of sp³-hybridized carbons (Fsp3) is 0.900. The average Bonchev–Trinajstić information content (AvgIpc) is 2.90. The van der Waals surface area contributed by atoms with Gasteiger partial charge in [0.05, 0.1) is 6.61 Å². The molecule has 2 atom stereocenters. The average molecular weight is 541 g/mol. The lowest BCUT2D eigenvalue weighted by Gasteiger charge is -2.22. The molecule has 0 saturated carbocycles. The van der Waals surface area contributed by atoms with Crippen molar-refractivity contribution in [2.24, 2.45) is 11.5 Å². The molecule has 224 valence electrons. The number of unbranched alkanes of at least 4 members (excludes halogenated alkanes) is 14. The van der Waals surface area contributed by atoms with Crippen molar-refractivity contribution in [1.29, 1.82) is 0 Å². The van der Waals surface area contributed by atoms with E-state index >= 15 is 0 Å². The van der Waals surface area contributed by atoms with Gasteiger partial charge in [-0.1, -0.05) is 84.0 Å². The number of rotatable bonds is 27. The second-order valence-electron chi connectivity index (χ2n) is 10.5. The standard InChI is InChI=1S/C30H60N4O4/c1-3-5-6-7-8-9-10-11-12-13-14-15-16-23-28(35)33-26(21-17-19-24-31)29(36)34-27(22-18-20-25-32)30(37)38-4-2/h26-27H,3-25,31-32H2,1-2H3,(H,33,35)(H,34,36). The Labute approximate surface area is 233 Å². The van der Waals surface area contributed by atoms with Gasteiger partial charge in [0, 0.05) is 6.42 Å². The van der Waals surface area contributed by atoms with Crippen LogP contribution in [-0.2, 0) is 19.1 Å². The number of esters is 1. The van der Waals surface area contributed by atoms with Crippen molar-refractivity contribution in [1.82, 2.24) is 10.6 Å². The van der Waals surface area contributed by atoms with Gasteiger partial charge in [-0.3, -0.25) is 9.59 Å². The predicted octanol–water partition coefficient (Wildman–Crippen LogP) is 5.26. The Morgan fingerprint density at radius 1 is 0.605 bits per heavy atom. The van der Waals surface area contributed by atoms with Crippen molar-refractivity contribution < 1.29 is 19.1 Å². The van der Waals surface area contributed by atoms with Crippen LogP contribution in [0.4, 0.5) is 0 Å². The van der Waals surface area contributed by atoms with Gasteiger partial charge in [0.15, 0.2) is 0 Å². The monoisotopic (exact) mass is 540 g/mol. The van der Waals surface area contributed by atoms with Gasteiger partial charge in [-0.05, 0) is 65.0 Å². The fourth-order valence-electron chi connectivity index (χ4n) is 4.59. The first kappa shape index (κ1) is 36.3. The van der Waals surface area contributed by atoms with E-state index in [1.807, 2.05) is 0 Å². The molecule has 0 aromatic carbocycles. The number of hydrogen-bond acceptors (Lipinski definition) is 6. The van der Waals surface area contributed by atoms with Gasteiger partial charge in [0.25, 0.3) is 0 Å². The zero-order chi connectivity index (χ0) is 28.3. The van der Waals surface area contributed by atoms with E-state index in [4.69, 9.17) is 16.2 Å². The highest BCUT2D eigenvalue weighted by Crippen LogP contribution is 2.13. The molecule has 0 aromatic rings. The predicted molar refractivity (Wildman–Crippen MR) is 157 cm³/mol. The third-order valence-electron chi connectivity index (χ3n) is 6.94. The summed E-state index contributed by atoms with van der Waals surface area (Å²) >= 11 is 0. The number of carbonyl (C=O) groups excluding carboxylic acids is 3. The molecule has 0 radical (unpaired) electrons. The molecule has 8 nitrogen and oxygen atoms in total. The summed E-state index contributed by atoms with van der Waals surface area (Å²) in [5.41, 5.74) is 11.2. The number of ether oxygens (including phenoxy) is 1. The van der Waals surface area contributed by atoms with Crippen LogP contribution in [0.2, 0.25) is 0 Å². The molecule has 0 aromatic heterocycles. The van der Waals surface area contributed by atoms with E-state index in [0.29, 0.717) is 38.8 Å². The van der Waals surface area contributed by atoms with Crippen molar-refractivity contribution in [2.75, 3.05) is 19.7 Å². The highest BCUT2D eigenvalue weighted by atomic mass is 16.5. The number of amides is 2. The molecular weight excluding hydrogens is 480 g/mol. The lowest BCUT2D eigenvalue weighted by atomic mass is 10.0. The molecule has 0 aliphatic carbocycles. The summed E-state index contributed by atoms with van der Waals surface area (Å²) in [4.78, 5) is 38.0. The van der Waals surface area contributed by atoms with Crippen molar-refractivity contribution in [3.05, 3.63) is 0 Å². The van der Waals surface area contributed by atoms with Gasteiger partial charge in [0.1, 0.15) is 12.1 Å². The van der Waals surface area contributed by atoms with Crippen molar-refractivity contribution in [2.45, 2.75) is 154 Å². The smallest absolute Gasteiger partial charge is 0.328 e. The lowest BCUT2D eigenvalue weighted by Crippen LogP contribution is -2.52. The molecule has 8 heteroatoms. The summed E-state index contributed by atoms with van der Waals surface area (Å²) in [6.07, 6.45) is 20.7. The van der Waals surface area contributed by atoms with Crippen molar-refractivity contribution in [3.8, 4) is 0 Å². The van der Waals surface area contributed by atoms with Crippen LogP contribution in [0.5, 0.6) is 0 Å². The second-order valence-corrected chi connectivity index (χ2v) is 10.5. The molecule has 2 amide bonds. The number of nitrogens with one attached hydrogen (secondary N) is 2. The Morgan fingerprint density at radius 2 is 1.08 bits per heavy atom. The minimum Gasteiger partial charge on any atom is -0.464 e. The summed E-state index contributed by atoms with van der Waals surface area (Å²) < 4.78 is 5.14. The molecule has 0 aliphatic rings. The zero-order valence-corrected chi connectivity index (χ0v) is 24.7. The molecule has 0 rings (SSSR count). The van der Waals surface area contributed by atoms with Gasteiger partial charge in [0.2, 0.25) is 11.8 Å². The van der Waals surface area contributed by atoms with Gasteiger partial charge in [-0.25, -0.2) is 4.79 Å². The van der Waals surface area contributed by atoms with E-state index in [1.54, 1.807) is 6.92 Å². The summed E-state index contributed by atoms with van der Waals surface area (Å²) in [6.45, 7) is 5.30. The quantitative estimate of drug-likeness (QED) is 0.0829. The van der Waals surface area contributed by atoms with E-state index in [9.17, 15) is 14.4 Å². The van der Waals surface area contributed by atoms with E-state index in [1.165, 1.54) is 64.2 Å². The lowest BCUT2D eigenvalue weighted by molar-refractivity contribution is -0.148. The number of nitrogens with two attached hydrogens (primary N) is 2. The SMILES string of the molecule is CCCCCCCCCCCCCCCC(=O)NC(CCCCN)C(=O)NC(CCCCN)C(=O)OCC. The van der Waals surface area contributed by atoms with Gasteiger partial charge < -0.3 is 26.8 Å². The van der Waals surface area contributed by atoms with Crippen LogP contribution in [0.3, 0.4) is 0 Å². The van der Waals surface area contributed by atoms with Crippen molar-refractivity contribution >= 4 is 17.8 Å². The normalized spacial score (nSPS) is 12.6. The molecule has 0 heterocycles. The fourth-order valence-corrected chi connectivity index (χ4v) is 4.59. The van der Waals surface area contributed by atoms with E-state index in [0.717, 1.165) is 38.5 Å². The van der Waals surface area contributed by atoms with E-state index in [2.05, 4.69) is 17.6 Å². The van der Waals surface area contributed by atoms with Crippen LogP contribution in [0.15, 0.2) is 0 Å². The summed E-state index contributed by atoms with van der Waals surface area (Å²) in [5.74, 6) is -0.903. The summed E-state index contributed by atoms with van der Waals surface area (Å²) in [7, 11) is 0. The van der Waals surface area contributed by atoms with Crippen LogP contribution in [0.1, 0.15) is 142 Å². The topological polar surface area (TPSA) is 137 Å². The summed E-state index contributed by atoms with van der Waals surface area (Å²) in [5, 5.41) is 5.71. The third-order valence-corrected chi connectivity index (χ3v) is 6.94. The van der Waals surface area contributed by atoms with Crippen LogP contribution >= 0.6 is 0 Å². The molecule has 0 spiro atoms. The first-order valence-electron chi connectivity index (χ1n) is 15.7. The Balaban J connectivity index is 4.37. The van der Waals surface area contributed by atoms with Crippen molar-refractivity contribution in [3.63, 3.8) is 0 Å². The highest BCUT2D eigenvalue weighted by Gasteiger charge is 2.27. The minimum atomic E-state index is -0.732. The molecule has 38 heavy (non-hydrogen) atoms. The molecule has 6 N–H and O–H groups in total. The Morgan fingerprint density at radius 3 is 1.55 bits per heavy atom. The third kappa shape index (κ3) is 21.3. The van der Waals surface area contributed by atoms with E-state index in [-0.39, 0.29) is 18.4 Å². The van der Waals surface area contributed by atoms with Gasteiger partial charge in [-0.2, -0.15) is 0 Å².